The van der Waals surface area contributed by atoms with E-state index in [1.807, 2.05) is 35.2 Å². The second-order valence-corrected chi connectivity index (χ2v) is 8.32. The third-order valence-corrected chi connectivity index (χ3v) is 6.58. The molecule has 2 atom stereocenters. The maximum Gasteiger partial charge on any atom is 0.253 e. The molecule has 6 nitrogen and oxygen atoms in total. The van der Waals surface area contributed by atoms with Gasteiger partial charge in [-0.25, -0.2) is 0 Å². The molecule has 3 heterocycles. The minimum atomic E-state index is -0.252. The molecular weight excluding hydrogens is 340 g/mol. The molecule has 3 saturated heterocycles. The molecular formula is C21H32N4O2. The zero-order chi connectivity index (χ0) is 18.8. The van der Waals surface area contributed by atoms with Gasteiger partial charge in [0.05, 0.1) is 6.10 Å². The molecule has 148 valence electrons. The average Bonchev–Trinajstić information content (AvgIpc) is 3.10. The molecule has 4 rings (SSSR count). The highest BCUT2D eigenvalue weighted by molar-refractivity contribution is 5.94. The Morgan fingerprint density at radius 1 is 0.926 bits per heavy atom. The first-order valence-electron chi connectivity index (χ1n) is 10.3. The summed E-state index contributed by atoms with van der Waals surface area (Å²) in [4.78, 5) is 21.9. The number of rotatable bonds is 3. The van der Waals surface area contributed by atoms with Crippen LogP contribution in [0.1, 0.15) is 23.2 Å². The van der Waals surface area contributed by atoms with Crippen molar-refractivity contribution >= 4 is 5.91 Å². The van der Waals surface area contributed by atoms with Crippen molar-refractivity contribution in [3.8, 4) is 0 Å². The standard InChI is InChI=1S/C21H32N4O2/c1-22-11-13-23(14-12-22)19-15-25(16-20(19)26)18-7-9-24(10-8-18)21(27)17-5-3-2-4-6-17/h2-6,18-20,26H,7-16H2,1H3/t19-,20-/m0/s1. The van der Waals surface area contributed by atoms with Crippen LogP contribution in [0.4, 0.5) is 0 Å². The summed E-state index contributed by atoms with van der Waals surface area (Å²) in [6.45, 7) is 7.63. The molecule has 0 radical (unpaired) electrons. The van der Waals surface area contributed by atoms with E-state index in [1.165, 1.54) is 0 Å². The van der Waals surface area contributed by atoms with Crippen molar-refractivity contribution in [2.45, 2.75) is 31.0 Å². The Morgan fingerprint density at radius 2 is 1.59 bits per heavy atom. The summed E-state index contributed by atoms with van der Waals surface area (Å²) < 4.78 is 0. The smallest absolute Gasteiger partial charge is 0.253 e. The van der Waals surface area contributed by atoms with E-state index in [9.17, 15) is 9.90 Å². The lowest BCUT2D eigenvalue weighted by Crippen LogP contribution is -2.53. The van der Waals surface area contributed by atoms with Gasteiger partial charge in [0.15, 0.2) is 0 Å². The Hall–Kier alpha value is -1.47. The molecule has 27 heavy (non-hydrogen) atoms. The predicted octanol–water partition coefficient (Wildman–Crippen LogP) is 0.584. The number of benzene rings is 1. The van der Waals surface area contributed by atoms with Crippen LogP contribution in [0.25, 0.3) is 0 Å². The third-order valence-electron chi connectivity index (χ3n) is 6.58. The number of hydrogen-bond donors (Lipinski definition) is 1. The normalized spacial score (nSPS) is 29.3. The van der Waals surface area contributed by atoms with Crippen LogP contribution in [0.3, 0.4) is 0 Å². The van der Waals surface area contributed by atoms with Gasteiger partial charge in [-0.1, -0.05) is 18.2 Å². The average molecular weight is 373 g/mol. The van der Waals surface area contributed by atoms with Crippen LogP contribution in [0.5, 0.6) is 0 Å². The second kappa shape index (κ2) is 8.27. The molecule has 3 aliphatic rings. The summed E-state index contributed by atoms with van der Waals surface area (Å²) in [6.07, 6.45) is 1.75. The fourth-order valence-electron chi connectivity index (χ4n) is 4.81. The molecule has 0 unspecified atom stereocenters. The van der Waals surface area contributed by atoms with Crippen molar-refractivity contribution in [2.75, 3.05) is 59.4 Å². The minimum absolute atomic E-state index is 0.144. The van der Waals surface area contributed by atoms with E-state index in [4.69, 9.17) is 0 Å². The Bertz CT molecular complexity index is 624. The van der Waals surface area contributed by atoms with Crippen molar-refractivity contribution in [3.63, 3.8) is 0 Å². The monoisotopic (exact) mass is 372 g/mol. The van der Waals surface area contributed by atoms with E-state index < -0.39 is 0 Å². The largest absolute Gasteiger partial charge is 0.390 e. The first-order chi connectivity index (χ1) is 13.1. The van der Waals surface area contributed by atoms with E-state index in [1.54, 1.807) is 0 Å². The zero-order valence-corrected chi connectivity index (χ0v) is 16.3. The maximum atomic E-state index is 12.6. The van der Waals surface area contributed by atoms with Crippen molar-refractivity contribution in [3.05, 3.63) is 35.9 Å². The molecule has 1 amide bonds. The third kappa shape index (κ3) is 4.19. The van der Waals surface area contributed by atoms with Gasteiger partial charge < -0.3 is 14.9 Å². The molecule has 3 fully saturated rings. The van der Waals surface area contributed by atoms with Gasteiger partial charge in [-0.2, -0.15) is 0 Å². The van der Waals surface area contributed by atoms with Crippen LogP contribution in [0.15, 0.2) is 30.3 Å². The lowest BCUT2D eigenvalue weighted by molar-refractivity contribution is 0.0512. The summed E-state index contributed by atoms with van der Waals surface area (Å²) in [5, 5.41) is 10.6. The van der Waals surface area contributed by atoms with Crippen molar-refractivity contribution in [2.24, 2.45) is 0 Å². The van der Waals surface area contributed by atoms with Crippen LogP contribution in [0.2, 0.25) is 0 Å². The molecule has 3 aliphatic heterocycles. The SMILES string of the molecule is CN1CCN([C@H]2CN(C3CCN(C(=O)c4ccccc4)CC3)C[C@@H]2O)CC1. The maximum absolute atomic E-state index is 12.6. The summed E-state index contributed by atoms with van der Waals surface area (Å²) in [5.74, 6) is 0.144. The Kier molecular flexibility index (Phi) is 5.78. The number of β-amino-alcohol motifs (C(OH)–C–C–N with tert-alkyl or cyclic N) is 1. The van der Waals surface area contributed by atoms with Gasteiger partial charge in [-0.05, 0) is 32.0 Å². The Morgan fingerprint density at radius 3 is 2.26 bits per heavy atom. The van der Waals surface area contributed by atoms with Gasteiger partial charge in [-0.15, -0.1) is 0 Å². The van der Waals surface area contributed by atoms with Crippen LogP contribution in [0, 0.1) is 0 Å². The van der Waals surface area contributed by atoms with E-state index in [0.29, 0.717) is 6.04 Å². The van der Waals surface area contributed by atoms with Crippen molar-refractivity contribution in [1.82, 2.24) is 19.6 Å². The molecule has 1 aromatic rings. The molecule has 1 N–H and O–H groups in total. The first-order valence-corrected chi connectivity index (χ1v) is 10.3. The zero-order valence-electron chi connectivity index (χ0n) is 16.3. The summed E-state index contributed by atoms with van der Waals surface area (Å²) in [7, 11) is 2.17. The molecule has 1 aromatic carbocycles. The molecule has 0 saturated carbocycles. The number of nitrogens with zero attached hydrogens (tertiary/aromatic N) is 4. The fourth-order valence-corrected chi connectivity index (χ4v) is 4.81. The number of carbonyl (C=O) groups excluding carboxylic acids is 1. The van der Waals surface area contributed by atoms with Crippen LogP contribution in [-0.2, 0) is 0 Å². The van der Waals surface area contributed by atoms with Gasteiger partial charge in [0, 0.05) is 70.0 Å². The number of aliphatic hydroxyl groups excluding tert-OH is 1. The molecule has 6 heteroatoms. The second-order valence-electron chi connectivity index (χ2n) is 8.32. The topological polar surface area (TPSA) is 50.3 Å². The highest BCUT2D eigenvalue weighted by Gasteiger charge is 2.40. The number of piperazine rings is 1. The van der Waals surface area contributed by atoms with E-state index in [2.05, 4.69) is 21.7 Å². The van der Waals surface area contributed by atoms with Gasteiger partial charge in [-0.3, -0.25) is 14.6 Å². The van der Waals surface area contributed by atoms with E-state index in [-0.39, 0.29) is 18.1 Å². The van der Waals surface area contributed by atoms with Gasteiger partial charge >= 0.3 is 0 Å². The van der Waals surface area contributed by atoms with Gasteiger partial charge in [0.2, 0.25) is 0 Å². The number of likely N-dealkylation sites (N-methyl/N-ethyl adjacent to an activating group) is 1. The summed E-state index contributed by atoms with van der Waals surface area (Å²) in [6, 6.07) is 10.3. The molecule has 0 bridgehead atoms. The Labute approximate surface area is 162 Å². The molecule has 0 aliphatic carbocycles. The van der Waals surface area contributed by atoms with Crippen LogP contribution in [-0.4, -0.2) is 108 Å². The summed E-state index contributed by atoms with van der Waals surface area (Å²) in [5.41, 5.74) is 0.780. The van der Waals surface area contributed by atoms with Crippen LogP contribution >= 0.6 is 0 Å². The van der Waals surface area contributed by atoms with Gasteiger partial charge in [0.25, 0.3) is 5.91 Å². The molecule has 0 spiro atoms. The number of amides is 1. The highest BCUT2D eigenvalue weighted by Crippen LogP contribution is 2.25. The van der Waals surface area contributed by atoms with Gasteiger partial charge in [0.1, 0.15) is 0 Å². The lowest BCUT2D eigenvalue weighted by atomic mass is 10.0. The number of carbonyl (C=O) groups is 1. The number of piperidine rings is 1. The van der Waals surface area contributed by atoms with E-state index >= 15 is 0 Å². The van der Waals surface area contributed by atoms with Crippen LogP contribution < -0.4 is 0 Å². The summed E-state index contributed by atoms with van der Waals surface area (Å²) >= 11 is 0. The van der Waals surface area contributed by atoms with Crippen molar-refractivity contribution < 1.29 is 9.90 Å². The van der Waals surface area contributed by atoms with Crippen molar-refractivity contribution in [1.29, 1.82) is 0 Å². The Balaban J connectivity index is 1.29. The quantitative estimate of drug-likeness (QED) is 0.841. The highest BCUT2D eigenvalue weighted by atomic mass is 16.3. The molecule has 0 aromatic heterocycles. The van der Waals surface area contributed by atoms with E-state index in [0.717, 1.165) is 70.8 Å². The number of aliphatic hydroxyl groups is 1. The number of hydrogen-bond acceptors (Lipinski definition) is 5. The first kappa shape index (κ1) is 18.9. The minimum Gasteiger partial charge on any atom is -0.390 e. The lowest BCUT2D eigenvalue weighted by Gasteiger charge is -2.39. The predicted molar refractivity (Wildman–Crippen MR) is 106 cm³/mol. The fraction of sp³-hybridized carbons (Fsp3) is 0.667. The number of likely N-dealkylation sites (tertiary alicyclic amines) is 2.